The highest BCUT2D eigenvalue weighted by atomic mass is 35.5. The standard InChI is InChI=1S/C24H22Cl2N2O/c25-17-10-11-18(22(26)12-17)20(21-14-28-23-9-5-4-8-19(21)23)13-27-15-24(29)16-6-2-1-3-7-16/h1-12,14,20,24,27-29H,13,15H2/t20-,24-/m1/s1. The Kier molecular flexibility index (Phi) is 6.22. The summed E-state index contributed by atoms with van der Waals surface area (Å²) in [6.07, 6.45) is 1.47. The van der Waals surface area contributed by atoms with Gasteiger partial charge < -0.3 is 15.4 Å². The molecule has 29 heavy (non-hydrogen) atoms. The van der Waals surface area contributed by atoms with Gasteiger partial charge in [0.05, 0.1) is 6.10 Å². The van der Waals surface area contributed by atoms with E-state index in [1.165, 1.54) is 0 Å². The summed E-state index contributed by atoms with van der Waals surface area (Å²) in [5.41, 5.74) is 4.14. The number of aliphatic hydroxyl groups excluding tert-OH is 1. The number of hydrogen-bond donors (Lipinski definition) is 3. The van der Waals surface area contributed by atoms with Crippen LogP contribution in [0.1, 0.15) is 28.7 Å². The van der Waals surface area contributed by atoms with E-state index < -0.39 is 6.10 Å². The Balaban J connectivity index is 1.60. The highest BCUT2D eigenvalue weighted by Crippen LogP contribution is 2.35. The molecular weight excluding hydrogens is 403 g/mol. The lowest BCUT2D eigenvalue weighted by atomic mass is 9.90. The Morgan fingerprint density at radius 1 is 0.862 bits per heavy atom. The average molecular weight is 425 g/mol. The molecule has 4 rings (SSSR count). The molecule has 0 radical (unpaired) electrons. The van der Waals surface area contributed by atoms with Gasteiger partial charge in [-0.05, 0) is 34.9 Å². The van der Waals surface area contributed by atoms with Crippen molar-refractivity contribution in [2.75, 3.05) is 13.1 Å². The quantitative estimate of drug-likeness (QED) is 0.344. The van der Waals surface area contributed by atoms with Crippen molar-refractivity contribution in [2.24, 2.45) is 0 Å². The first-order valence-electron chi connectivity index (χ1n) is 9.58. The van der Waals surface area contributed by atoms with Gasteiger partial charge in [0.25, 0.3) is 0 Å². The molecule has 3 N–H and O–H groups in total. The number of aliphatic hydroxyl groups is 1. The molecule has 3 aromatic carbocycles. The van der Waals surface area contributed by atoms with E-state index >= 15 is 0 Å². The van der Waals surface area contributed by atoms with Gasteiger partial charge in [0.1, 0.15) is 0 Å². The molecule has 0 aliphatic heterocycles. The molecule has 148 valence electrons. The Labute approximate surface area is 180 Å². The van der Waals surface area contributed by atoms with Gasteiger partial charge in [-0.3, -0.25) is 0 Å². The van der Waals surface area contributed by atoms with E-state index in [1.54, 1.807) is 6.07 Å². The van der Waals surface area contributed by atoms with Crippen LogP contribution in [0.3, 0.4) is 0 Å². The van der Waals surface area contributed by atoms with Gasteiger partial charge in [0.15, 0.2) is 0 Å². The van der Waals surface area contributed by atoms with Crippen LogP contribution in [0.5, 0.6) is 0 Å². The van der Waals surface area contributed by atoms with Crippen molar-refractivity contribution in [1.29, 1.82) is 0 Å². The van der Waals surface area contributed by atoms with Crippen molar-refractivity contribution in [3.63, 3.8) is 0 Å². The van der Waals surface area contributed by atoms with Crippen LogP contribution in [0.2, 0.25) is 10.0 Å². The topological polar surface area (TPSA) is 48.0 Å². The van der Waals surface area contributed by atoms with Gasteiger partial charge in [-0.1, -0.05) is 77.8 Å². The summed E-state index contributed by atoms with van der Waals surface area (Å²) in [7, 11) is 0. The van der Waals surface area contributed by atoms with Crippen LogP contribution < -0.4 is 5.32 Å². The number of aromatic nitrogens is 1. The highest BCUT2D eigenvalue weighted by molar-refractivity contribution is 6.35. The first kappa shape index (κ1) is 20.0. The van der Waals surface area contributed by atoms with E-state index in [9.17, 15) is 5.11 Å². The van der Waals surface area contributed by atoms with Gasteiger partial charge >= 0.3 is 0 Å². The molecule has 4 aromatic rings. The lowest BCUT2D eigenvalue weighted by Gasteiger charge is -2.21. The summed E-state index contributed by atoms with van der Waals surface area (Å²) in [6, 6.07) is 23.5. The SMILES string of the molecule is O[C@H](CNC[C@H](c1ccc(Cl)cc1Cl)c1c[nH]c2ccccc12)c1ccccc1. The molecule has 1 heterocycles. The van der Waals surface area contributed by atoms with Crippen LogP contribution in [-0.4, -0.2) is 23.2 Å². The fourth-order valence-corrected chi connectivity index (χ4v) is 4.25. The average Bonchev–Trinajstić information content (AvgIpc) is 3.16. The number of halogens is 2. The lowest BCUT2D eigenvalue weighted by molar-refractivity contribution is 0.174. The number of aromatic amines is 1. The van der Waals surface area contributed by atoms with Crippen molar-refractivity contribution in [3.05, 3.63) is 106 Å². The van der Waals surface area contributed by atoms with Crippen LogP contribution in [0.4, 0.5) is 0 Å². The van der Waals surface area contributed by atoms with Crippen LogP contribution in [0.25, 0.3) is 10.9 Å². The minimum atomic E-state index is -0.569. The van der Waals surface area contributed by atoms with Gasteiger partial charge in [-0.25, -0.2) is 0 Å². The normalized spacial score (nSPS) is 13.5. The first-order chi connectivity index (χ1) is 14.1. The van der Waals surface area contributed by atoms with Gasteiger partial charge in [-0.2, -0.15) is 0 Å². The molecule has 0 bridgehead atoms. The number of H-pyrrole nitrogens is 1. The summed E-state index contributed by atoms with van der Waals surface area (Å²) < 4.78 is 0. The highest BCUT2D eigenvalue weighted by Gasteiger charge is 2.21. The second-order valence-corrected chi connectivity index (χ2v) is 7.94. The second-order valence-electron chi connectivity index (χ2n) is 7.09. The van der Waals surface area contributed by atoms with Gasteiger partial charge in [0, 0.05) is 46.2 Å². The summed E-state index contributed by atoms with van der Waals surface area (Å²) in [4.78, 5) is 3.35. The smallest absolute Gasteiger partial charge is 0.0914 e. The van der Waals surface area contributed by atoms with Crippen LogP contribution in [0, 0.1) is 0 Å². The fraction of sp³-hybridized carbons (Fsp3) is 0.167. The minimum Gasteiger partial charge on any atom is -0.387 e. The number of para-hydroxylation sites is 1. The van der Waals surface area contributed by atoms with Crippen LogP contribution in [0.15, 0.2) is 79.0 Å². The Hall–Kier alpha value is -2.30. The third-order valence-electron chi connectivity index (χ3n) is 5.21. The predicted octanol–water partition coefficient (Wildman–Crippen LogP) is 5.93. The zero-order chi connectivity index (χ0) is 20.2. The number of benzene rings is 3. The zero-order valence-corrected chi connectivity index (χ0v) is 17.3. The lowest BCUT2D eigenvalue weighted by Crippen LogP contribution is -2.27. The second kappa shape index (κ2) is 9.02. The molecule has 3 nitrogen and oxygen atoms in total. The van der Waals surface area contributed by atoms with E-state index in [0.717, 1.165) is 27.6 Å². The maximum Gasteiger partial charge on any atom is 0.0914 e. The molecule has 0 aliphatic rings. The third kappa shape index (κ3) is 4.49. The van der Waals surface area contributed by atoms with E-state index in [0.29, 0.717) is 23.1 Å². The van der Waals surface area contributed by atoms with Crippen molar-refractivity contribution >= 4 is 34.1 Å². The molecule has 0 spiro atoms. The van der Waals surface area contributed by atoms with Crippen molar-refractivity contribution in [1.82, 2.24) is 10.3 Å². The molecule has 0 fully saturated rings. The number of rotatable bonds is 7. The largest absolute Gasteiger partial charge is 0.387 e. The van der Waals surface area contributed by atoms with Crippen molar-refractivity contribution in [3.8, 4) is 0 Å². The molecule has 0 aliphatic carbocycles. The molecule has 5 heteroatoms. The maximum absolute atomic E-state index is 10.5. The van der Waals surface area contributed by atoms with Crippen LogP contribution >= 0.6 is 23.2 Å². The van der Waals surface area contributed by atoms with E-state index in [-0.39, 0.29) is 5.92 Å². The number of hydrogen-bond acceptors (Lipinski definition) is 2. The summed E-state index contributed by atoms with van der Waals surface area (Å²) in [6.45, 7) is 1.08. The van der Waals surface area contributed by atoms with E-state index in [2.05, 4.69) is 22.4 Å². The molecule has 0 saturated carbocycles. The summed E-state index contributed by atoms with van der Waals surface area (Å²) >= 11 is 12.7. The van der Waals surface area contributed by atoms with E-state index in [4.69, 9.17) is 23.2 Å². The van der Waals surface area contributed by atoms with Crippen molar-refractivity contribution in [2.45, 2.75) is 12.0 Å². The summed E-state index contributed by atoms with van der Waals surface area (Å²) in [5, 5.41) is 16.3. The Morgan fingerprint density at radius 3 is 2.41 bits per heavy atom. The van der Waals surface area contributed by atoms with Crippen LogP contribution in [-0.2, 0) is 0 Å². The first-order valence-corrected chi connectivity index (χ1v) is 10.3. The minimum absolute atomic E-state index is 0.0129. The third-order valence-corrected chi connectivity index (χ3v) is 5.77. The Morgan fingerprint density at radius 2 is 1.62 bits per heavy atom. The van der Waals surface area contributed by atoms with Gasteiger partial charge in [0.2, 0.25) is 0 Å². The monoisotopic (exact) mass is 424 g/mol. The molecule has 0 saturated heterocycles. The Bertz CT molecular complexity index is 1090. The number of nitrogens with one attached hydrogen (secondary N) is 2. The maximum atomic E-state index is 10.5. The number of fused-ring (bicyclic) bond motifs is 1. The summed E-state index contributed by atoms with van der Waals surface area (Å²) in [5.74, 6) is 0.0129. The predicted molar refractivity (Wildman–Crippen MR) is 121 cm³/mol. The zero-order valence-electron chi connectivity index (χ0n) is 15.8. The molecule has 0 unspecified atom stereocenters. The van der Waals surface area contributed by atoms with E-state index in [1.807, 2.05) is 60.8 Å². The fourth-order valence-electron chi connectivity index (χ4n) is 3.71. The van der Waals surface area contributed by atoms with Gasteiger partial charge in [-0.15, -0.1) is 0 Å². The molecule has 2 atom stereocenters. The molecule has 0 amide bonds. The molecular formula is C24H22Cl2N2O. The molecule has 1 aromatic heterocycles. The van der Waals surface area contributed by atoms with Crippen molar-refractivity contribution < 1.29 is 5.11 Å².